The molecule has 3 heterocycles. The van der Waals surface area contributed by atoms with E-state index < -0.39 is 11.7 Å². The molecule has 0 radical (unpaired) electrons. The van der Waals surface area contributed by atoms with Crippen LogP contribution in [0.5, 0.6) is 0 Å². The number of hydrogen-bond donors (Lipinski definition) is 3. The van der Waals surface area contributed by atoms with E-state index in [0.717, 1.165) is 12.8 Å². The molecule has 3 aromatic rings. The molecular formula is C27H35FN6O5. The highest BCUT2D eigenvalue weighted by Crippen LogP contribution is 2.35. The van der Waals surface area contributed by atoms with Crippen LogP contribution < -0.4 is 10.6 Å². The van der Waals surface area contributed by atoms with Crippen molar-refractivity contribution < 1.29 is 28.1 Å². The summed E-state index contributed by atoms with van der Waals surface area (Å²) >= 11 is 0. The number of ether oxygens (including phenoxy) is 4. The average molecular weight is 543 g/mol. The Morgan fingerprint density at radius 1 is 1.08 bits per heavy atom. The van der Waals surface area contributed by atoms with E-state index >= 15 is 0 Å². The monoisotopic (exact) mass is 542 g/mol. The molecule has 0 saturated carbocycles. The van der Waals surface area contributed by atoms with E-state index in [0.29, 0.717) is 60.7 Å². The fraction of sp³-hybridized carbons (Fsp3) is 0.481. The third-order valence-electron chi connectivity index (χ3n) is 6.25. The predicted molar refractivity (Wildman–Crippen MR) is 142 cm³/mol. The molecule has 1 aliphatic heterocycles. The summed E-state index contributed by atoms with van der Waals surface area (Å²) < 4.78 is 35.7. The standard InChI is InChI=1S/C27H35FN6O5/c1-27(25(35)29-11-4-14-36-2)16-38-24(39-17-27)23-33-21(18-6-8-19(28)9-7-18)22(34-23)20-10-13-31-26(32-20)30-12-5-15-37-3/h6-10,13,24H,4-5,11-12,14-17H2,1-3H3,(H,29,35)(H,33,34)(H,30,31,32). The topological polar surface area (TPSA) is 133 Å². The summed E-state index contributed by atoms with van der Waals surface area (Å²) in [6, 6.07) is 7.81. The molecule has 0 unspecified atom stereocenters. The van der Waals surface area contributed by atoms with Crippen LogP contribution >= 0.6 is 0 Å². The van der Waals surface area contributed by atoms with Gasteiger partial charge in [0, 0.05) is 52.3 Å². The van der Waals surface area contributed by atoms with Crippen LogP contribution in [0.25, 0.3) is 22.6 Å². The van der Waals surface area contributed by atoms with E-state index in [1.807, 2.05) is 0 Å². The van der Waals surface area contributed by atoms with Gasteiger partial charge in [-0.3, -0.25) is 4.79 Å². The summed E-state index contributed by atoms with van der Waals surface area (Å²) in [5.74, 6) is 0.386. The van der Waals surface area contributed by atoms with Crippen molar-refractivity contribution in [3.8, 4) is 22.6 Å². The van der Waals surface area contributed by atoms with Crippen molar-refractivity contribution in [3.63, 3.8) is 0 Å². The first-order valence-corrected chi connectivity index (χ1v) is 12.9. The van der Waals surface area contributed by atoms with Crippen LogP contribution in [-0.2, 0) is 23.7 Å². The average Bonchev–Trinajstić information content (AvgIpc) is 3.40. The number of carbonyl (C=O) groups is 1. The molecule has 0 aliphatic carbocycles. The summed E-state index contributed by atoms with van der Waals surface area (Å²) in [5, 5.41) is 6.10. The number of hydrogen-bond acceptors (Lipinski definition) is 9. The van der Waals surface area contributed by atoms with Crippen molar-refractivity contribution in [2.45, 2.75) is 26.1 Å². The molecule has 12 heteroatoms. The molecular weight excluding hydrogens is 507 g/mol. The summed E-state index contributed by atoms with van der Waals surface area (Å²) in [7, 11) is 3.28. The smallest absolute Gasteiger partial charge is 0.230 e. The Labute approximate surface area is 226 Å². The third kappa shape index (κ3) is 7.35. The number of methoxy groups -OCH3 is 2. The number of aromatic amines is 1. The van der Waals surface area contributed by atoms with Gasteiger partial charge in [0.25, 0.3) is 0 Å². The molecule has 39 heavy (non-hydrogen) atoms. The van der Waals surface area contributed by atoms with Gasteiger partial charge in [0.1, 0.15) is 5.82 Å². The molecule has 1 saturated heterocycles. The van der Waals surface area contributed by atoms with Gasteiger partial charge in [0.05, 0.1) is 35.7 Å². The highest BCUT2D eigenvalue weighted by molar-refractivity contribution is 5.82. The van der Waals surface area contributed by atoms with E-state index in [2.05, 4.69) is 25.6 Å². The van der Waals surface area contributed by atoms with Crippen molar-refractivity contribution in [2.24, 2.45) is 5.41 Å². The molecule has 3 N–H and O–H groups in total. The van der Waals surface area contributed by atoms with Gasteiger partial charge < -0.3 is 34.6 Å². The van der Waals surface area contributed by atoms with Gasteiger partial charge in [-0.25, -0.2) is 19.3 Å². The van der Waals surface area contributed by atoms with Crippen LogP contribution in [0.15, 0.2) is 36.5 Å². The Hall–Kier alpha value is -3.45. The molecule has 0 bridgehead atoms. The zero-order valence-electron chi connectivity index (χ0n) is 22.5. The Morgan fingerprint density at radius 3 is 2.46 bits per heavy atom. The SMILES string of the molecule is COCCCNC(=O)C1(C)COC(c2nc(-c3ccc(F)cc3)c(-c3ccnc(NCCCOC)n3)[nH]2)OC1. The van der Waals surface area contributed by atoms with E-state index in [1.165, 1.54) is 12.1 Å². The zero-order valence-corrected chi connectivity index (χ0v) is 22.5. The summed E-state index contributed by atoms with van der Waals surface area (Å²) in [6.45, 7) is 4.46. The number of H-pyrrole nitrogens is 1. The van der Waals surface area contributed by atoms with Crippen LogP contribution in [0.4, 0.5) is 10.3 Å². The first-order valence-electron chi connectivity index (χ1n) is 12.9. The van der Waals surface area contributed by atoms with Crippen molar-refractivity contribution in [2.75, 3.05) is 59.1 Å². The van der Waals surface area contributed by atoms with E-state index in [4.69, 9.17) is 23.9 Å². The van der Waals surface area contributed by atoms with E-state index in [-0.39, 0.29) is 24.9 Å². The van der Waals surface area contributed by atoms with Gasteiger partial charge >= 0.3 is 0 Å². The Morgan fingerprint density at radius 2 is 1.77 bits per heavy atom. The lowest BCUT2D eigenvalue weighted by atomic mass is 9.91. The van der Waals surface area contributed by atoms with Crippen LogP contribution in [-0.4, -0.2) is 79.6 Å². The van der Waals surface area contributed by atoms with Gasteiger partial charge in [-0.15, -0.1) is 0 Å². The molecule has 210 valence electrons. The van der Waals surface area contributed by atoms with Crippen molar-refractivity contribution in [1.29, 1.82) is 0 Å². The summed E-state index contributed by atoms with van der Waals surface area (Å²) in [5.41, 5.74) is 1.61. The van der Waals surface area contributed by atoms with Crippen LogP contribution in [0.1, 0.15) is 31.9 Å². The largest absolute Gasteiger partial charge is 0.385 e. The maximum atomic E-state index is 13.7. The number of benzene rings is 1. The number of rotatable bonds is 13. The summed E-state index contributed by atoms with van der Waals surface area (Å²) in [4.78, 5) is 29.7. The third-order valence-corrected chi connectivity index (χ3v) is 6.25. The quantitative estimate of drug-likeness (QED) is 0.278. The normalized spacial score (nSPS) is 19.1. The Balaban J connectivity index is 1.53. The van der Waals surface area contributed by atoms with E-state index in [1.54, 1.807) is 45.5 Å². The van der Waals surface area contributed by atoms with Crippen molar-refractivity contribution in [1.82, 2.24) is 25.3 Å². The maximum Gasteiger partial charge on any atom is 0.230 e. The molecule has 1 aliphatic rings. The minimum atomic E-state index is -0.838. The summed E-state index contributed by atoms with van der Waals surface area (Å²) in [6.07, 6.45) is 2.36. The predicted octanol–water partition coefficient (Wildman–Crippen LogP) is 3.33. The number of nitrogens with zero attached hydrogens (tertiary/aromatic N) is 3. The minimum absolute atomic E-state index is 0.143. The maximum absolute atomic E-state index is 13.7. The lowest BCUT2D eigenvalue weighted by molar-refractivity contribution is -0.231. The lowest BCUT2D eigenvalue weighted by Gasteiger charge is -2.35. The second kappa shape index (κ2) is 13.6. The first kappa shape index (κ1) is 28.6. The van der Waals surface area contributed by atoms with Gasteiger partial charge in [-0.05, 0) is 50.1 Å². The molecule has 2 aromatic heterocycles. The number of aromatic nitrogens is 4. The first-order chi connectivity index (χ1) is 18.9. The Kier molecular flexibility index (Phi) is 9.93. The molecule has 1 aromatic carbocycles. The number of anilines is 1. The fourth-order valence-corrected chi connectivity index (χ4v) is 4.03. The number of nitrogens with one attached hydrogen (secondary N) is 3. The lowest BCUT2D eigenvalue weighted by Crippen LogP contribution is -2.48. The Bertz CT molecular complexity index is 1210. The van der Waals surface area contributed by atoms with Crippen LogP contribution in [0.2, 0.25) is 0 Å². The fourth-order valence-electron chi connectivity index (χ4n) is 4.03. The van der Waals surface area contributed by atoms with Gasteiger partial charge in [-0.1, -0.05) is 0 Å². The van der Waals surface area contributed by atoms with Crippen molar-refractivity contribution >= 4 is 11.9 Å². The van der Waals surface area contributed by atoms with Gasteiger partial charge in [-0.2, -0.15) is 0 Å². The number of imidazole rings is 1. The zero-order chi connectivity index (χ0) is 27.7. The molecule has 11 nitrogen and oxygen atoms in total. The second-order valence-corrected chi connectivity index (χ2v) is 9.51. The number of halogens is 1. The van der Waals surface area contributed by atoms with Gasteiger partial charge in [0.15, 0.2) is 5.82 Å². The minimum Gasteiger partial charge on any atom is -0.385 e. The van der Waals surface area contributed by atoms with E-state index in [9.17, 15) is 9.18 Å². The van der Waals surface area contributed by atoms with Gasteiger partial charge in [0.2, 0.25) is 18.1 Å². The number of carbonyl (C=O) groups excluding carboxylic acids is 1. The molecule has 0 spiro atoms. The van der Waals surface area contributed by atoms with Crippen LogP contribution in [0, 0.1) is 11.2 Å². The highest BCUT2D eigenvalue weighted by atomic mass is 19.1. The molecule has 0 atom stereocenters. The second-order valence-electron chi connectivity index (χ2n) is 9.51. The molecule has 4 rings (SSSR count). The molecule has 1 amide bonds. The molecule has 1 fully saturated rings. The highest BCUT2D eigenvalue weighted by Gasteiger charge is 2.40. The number of amides is 1. The van der Waals surface area contributed by atoms with Crippen LogP contribution in [0.3, 0.4) is 0 Å². The van der Waals surface area contributed by atoms with Crippen molar-refractivity contribution in [3.05, 3.63) is 48.2 Å².